The van der Waals surface area contributed by atoms with Crippen LogP contribution in [-0.2, 0) is 10.0 Å². The summed E-state index contributed by atoms with van der Waals surface area (Å²) in [6.45, 7) is 1.58. The van der Waals surface area contributed by atoms with Gasteiger partial charge < -0.3 is 5.11 Å². The predicted octanol–water partition coefficient (Wildman–Crippen LogP) is 0.863. The van der Waals surface area contributed by atoms with E-state index in [1.807, 2.05) is 6.92 Å². The van der Waals surface area contributed by atoms with E-state index in [9.17, 15) is 8.42 Å². The van der Waals surface area contributed by atoms with Crippen LogP contribution in [0.3, 0.4) is 0 Å². The van der Waals surface area contributed by atoms with Gasteiger partial charge >= 0.3 is 0 Å². The SMILES string of the molecule is Cc1ccc(NS(=O)(=O)c2cn[nH]c2)c(C#CCO)c1. The number of nitrogens with zero attached hydrogens (tertiary/aromatic N) is 1. The van der Waals surface area contributed by atoms with Crippen LogP contribution in [0.4, 0.5) is 5.69 Å². The Bertz CT molecular complexity index is 756. The average Bonchev–Trinajstić information content (AvgIpc) is 2.93. The Balaban J connectivity index is 2.39. The highest BCUT2D eigenvalue weighted by Gasteiger charge is 2.16. The highest BCUT2D eigenvalue weighted by Crippen LogP contribution is 2.20. The van der Waals surface area contributed by atoms with Crippen molar-refractivity contribution >= 4 is 15.7 Å². The van der Waals surface area contributed by atoms with Crippen LogP contribution in [0.25, 0.3) is 0 Å². The molecule has 3 N–H and O–H groups in total. The summed E-state index contributed by atoms with van der Waals surface area (Å²) in [4.78, 5) is 0.0409. The molecule has 104 valence electrons. The molecule has 2 rings (SSSR count). The summed E-state index contributed by atoms with van der Waals surface area (Å²) >= 11 is 0. The lowest BCUT2D eigenvalue weighted by atomic mass is 10.1. The first-order valence-corrected chi connectivity index (χ1v) is 7.23. The zero-order chi connectivity index (χ0) is 14.6. The zero-order valence-corrected chi connectivity index (χ0v) is 11.5. The third-order valence-electron chi connectivity index (χ3n) is 2.50. The van der Waals surface area contributed by atoms with Gasteiger partial charge in [-0.15, -0.1) is 0 Å². The monoisotopic (exact) mass is 291 g/mol. The van der Waals surface area contributed by atoms with E-state index >= 15 is 0 Å². The summed E-state index contributed by atoms with van der Waals surface area (Å²) in [7, 11) is -3.70. The van der Waals surface area contributed by atoms with Gasteiger partial charge in [0, 0.05) is 11.8 Å². The molecule has 0 aliphatic rings. The van der Waals surface area contributed by atoms with Crippen LogP contribution in [0.1, 0.15) is 11.1 Å². The third-order valence-corrected chi connectivity index (χ3v) is 3.84. The summed E-state index contributed by atoms with van der Waals surface area (Å²) in [5.41, 5.74) is 1.81. The van der Waals surface area contributed by atoms with E-state index in [4.69, 9.17) is 5.11 Å². The number of rotatable bonds is 3. The summed E-state index contributed by atoms with van der Waals surface area (Å²) in [6, 6.07) is 5.15. The first-order chi connectivity index (χ1) is 9.53. The van der Waals surface area contributed by atoms with Crippen LogP contribution in [0, 0.1) is 18.8 Å². The van der Waals surface area contributed by atoms with E-state index in [1.165, 1.54) is 12.4 Å². The van der Waals surface area contributed by atoms with Crippen LogP contribution >= 0.6 is 0 Å². The highest BCUT2D eigenvalue weighted by molar-refractivity contribution is 7.92. The lowest BCUT2D eigenvalue weighted by molar-refractivity contribution is 0.350. The van der Waals surface area contributed by atoms with Crippen molar-refractivity contribution in [3.63, 3.8) is 0 Å². The van der Waals surface area contributed by atoms with Gasteiger partial charge in [-0.1, -0.05) is 17.9 Å². The van der Waals surface area contributed by atoms with Crippen LogP contribution in [0.5, 0.6) is 0 Å². The van der Waals surface area contributed by atoms with Gasteiger partial charge in [-0.3, -0.25) is 9.82 Å². The van der Waals surface area contributed by atoms with Crippen molar-refractivity contribution in [1.29, 1.82) is 0 Å². The summed E-state index contributed by atoms with van der Waals surface area (Å²) in [6.07, 6.45) is 2.51. The van der Waals surface area contributed by atoms with Gasteiger partial charge in [0.05, 0.1) is 11.9 Å². The second kappa shape index (κ2) is 5.77. The van der Waals surface area contributed by atoms with Gasteiger partial charge in [0.25, 0.3) is 10.0 Å². The fourth-order valence-corrected chi connectivity index (χ4v) is 2.56. The number of aliphatic hydroxyl groups excluding tert-OH is 1. The van der Waals surface area contributed by atoms with Gasteiger partial charge in [0.2, 0.25) is 0 Å². The van der Waals surface area contributed by atoms with E-state index in [2.05, 4.69) is 26.8 Å². The molecule has 0 bridgehead atoms. The minimum Gasteiger partial charge on any atom is -0.384 e. The topological polar surface area (TPSA) is 95.1 Å². The second-order valence-electron chi connectivity index (χ2n) is 4.05. The van der Waals surface area contributed by atoms with E-state index in [-0.39, 0.29) is 11.5 Å². The first kappa shape index (κ1) is 14.1. The van der Waals surface area contributed by atoms with Gasteiger partial charge in [-0.2, -0.15) is 5.10 Å². The Morgan fingerprint density at radius 1 is 1.45 bits per heavy atom. The second-order valence-corrected chi connectivity index (χ2v) is 5.73. The summed E-state index contributed by atoms with van der Waals surface area (Å²) < 4.78 is 26.7. The number of anilines is 1. The third kappa shape index (κ3) is 3.17. The molecular weight excluding hydrogens is 278 g/mol. The molecule has 0 atom stereocenters. The van der Waals surface area contributed by atoms with Crippen molar-refractivity contribution in [3.05, 3.63) is 41.7 Å². The normalized spacial score (nSPS) is 10.7. The number of sulfonamides is 1. The Kier molecular flexibility index (Phi) is 4.08. The summed E-state index contributed by atoms with van der Waals surface area (Å²) in [5.74, 6) is 5.23. The zero-order valence-electron chi connectivity index (χ0n) is 10.7. The molecule has 0 fully saturated rings. The fourth-order valence-electron chi connectivity index (χ4n) is 1.57. The Hall–Kier alpha value is -2.30. The minimum atomic E-state index is -3.70. The number of benzene rings is 1. The number of nitrogens with one attached hydrogen (secondary N) is 2. The van der Waals surface area contributed by atoms with Gasteiger partial charge in [0.1, 0.15) is 11.5 Å². The average molecular weight is 291 g/mol. The quantitative estimate of drug-likeness (QED) is 0.731. The first-order valence-electron chi connectivity index (χ1n) is 5.75. The smallest absolute Gasteiger partial charge is 0.265 e. The van der Waals surface area contributed by atoms with Crippen molar-refractivity contribution in [1.82, 2.24) is 10.2 Å². The van der Waals surface area contributed by atoms with Crippen LogP contribution in [0.2, 0.25) is 0 Å². The molecule has 0 amide bonds. The van der Waals surface area contributed by atoms with Crippen molar-refractivity contribution in [2.75, 3.05) is 11.3 Å². The van der Waals surface area contributed by atoms with Gasteiger partial charge in [-0.05, 0) is 24.6 Å². The number of hydrogen-bond acceptors (Lipinski definition) is 4. The minimum absolute atomic E-state index is 0.0409. The maximum Gasteiger partial charge on any atom is 0.265 e. The molecule has 0 radical (unpaired) electrons. The Morgan fingerprint density at radius 2 is 2.25 bits per heavy atom. The molecule has 6 nitrogen and oxygen atoms in total. The molecule has 0 saturated heterocycles. The number of aromatic nitrogens is 2. The number of aromatic amines is 1. The predicted molar refractivity (Wildman–Crippen MR) is 74.5 cm³/mol. The molecule has 1 heterocycles. The number of hydrogen-bond donors (Lipinski definition) is 3. The van der Waals surface area contributed by atoms with Crippen LogP contribution in [-0.4, -0.2) is 30.3 Å². The number of H-pyrrole nitrogens is 1. The molecule has 0 spiro atoms. The molecule has 2 aromatic rings. The molecule has 20 heavy (non-hydrogen) atoms. The highest BCUT2D eigenvalue weighted by atomic mass is 32.2. The standard InChI is InChI=1S/C13H13N3O3S/c1-10-4-5-13(11(7-10)3-2-6-17)16-20(18,19)12-8-14-15-9-12/h4-5,7-9,16-17H,6H2,1H3,(H,14,15). The van der Waals surface area contributed by atoms with E-state index < -0.39 is 10.0 Å². The van der Waals surface area contributed by atoms with Crippen molar-refractivity contribution < 1.29 is 13.5 Å². The van der Waals surface area contributed by atoms with Crippen molar-refractivity contribution in [2.45, 2.75) is 11.8 Å². The Morgan fingerprint density at radius 3 is 2.90 bits per heavy atom. The van der Waals surface area contributed by atoms with E-state index in [0.29, 0.717) is 11.3 Å². The Labute approximate surface area is 116 Å². The fraction of sp³-hybridized carbons (Fsp3) is 0.154. The number of aryl methyl sites for hydroxylation is 1. The molecule has 0 aliphatic carbocycles. The lowest BCUT2D eigenvalue weighted by Crippen LogP contribution is -2.13. The lowest BCUT2D eigenvalue weighted by Gasteiger charge is -2.09. The molecule has 1 aromatic carbocycles. The largest absolute Gasteiger partial charge is 0.384 e. The van der Waals surface area contributed by atoms with Crippen molar-refractivity contribution in [2.24, 2.45) is 0 Å². The van der Waals surface area contributed by atoms with E-state index in [1.54, 1.807) is 18.2 Å². The molecule has 0 unspecified atom stereocenters. The molecule has 0 saturated carbocycles. The molecular formula is C13H13N3O3S. The van der Waals surface area contributed by atoms with E-state index in [0.717, 1.165) is 5.56 Å². The maximum absolute atomic E-state index is 12.1. The molecule has 0 aliphatic heterocycles. The van der Waals surface area contributed by atoms with Gasteiger partial charge in [-0.25, -0.2) is 8.42 Å². The van der Waals surface area contributed by atoms with Gasteiger partial charge in [0.15, 0.2) is 0 Å². The summed E-state index contributed by atoms with van der Waals surface area (Å²) in [5, 5.41) is 14.8. The maximum atomic E-state index is 12.1. The molecule has 7 heteroatoms. The molecule has 1 aromatic heterocycles. The number of aliphatic hydroxyl groups is 1. The van der Waals surface area contributed by atoms with Crippen LogP contribution in [0.15, 0.2) is 35.5 Å². The van der Waals surface area contributed by atoms with Crippen LogP contribution < -0.4 is 4.72 Å². The van der Waals surface area contributed by atoms with Crippen molar-refractivity contribution in [3.8, 4) is 11.8 Å².